The number of furan rings is 1. The number of carbonyl (C=O) groups is 2. The van der Waals surface area contributed by atoms with Gasteiger partial charge < -0.3 is 25.8 Å². The largest absolute Gasteiger partial charge is 0.459 e. The molecule has 0 unspecified atom stereocenters. The molecule has 0 bridgehead atoms. The molecule has 0 radical (unpaired) electrons. The molecular weight excluding hydrogens is 420 g/mol. The molecule has 3 heterocycles. The van der Waals surface area contributed by atoms with Crippen LogP contribution in [0.3, 0.4) is 0 Å². The van der Waals surface area contributed by atoms with Gasteiger partial charge in [0, 0.05) is 11.3 Å². The average molecular weight is 439 g/mol. The molecule has 2 amide bonds. The van der Waals surface area contributed by atoms with E-state index < -0.39 is 5.54 Å². The quantitative estimate of drug-likeness (QED) is 0.373. The number of nitrogens with one attached hydrogen (secondary N) is 3. The van der Waals surface area contributed by atoms with Gasteiger partial charge in [-0.15, -0.1) is 0 Å². The lowest BCUT2D eigenvalue weighted by Gasteiger charge is -2.17. The normalized spacial score (nSPS) is 11.5. The van der Waals surface area contributed by atoms with Gasteiger partial charge in [0.25, 0.3) is 5.91 Å². The Kier molecular flexibility index (Phi) is 5.22. The van der Waals surface area contributed by atoms with Crippen molar-refractivity contribution in [2.24, 2.45) is 5.73 Å². The molecule has 0 fully saturated rings. The minimum absolute atomic E-state index is 0.194. The number of halogens is 1. The first-order valence-electron chi connectivity index (χ1n) is 9.31. The Morgan fingerprint density at radius 1 is 1.16 bits per heavy atom. The monoisotopic (exact) mass is 438 g/mol. The second kappa shape index (κ2) is 7.86. The number of pyridine rings is 1. The van der Waals surface area contributed by atoms with Crippen LogP contribution in [0.1, 0.15) is 24.4 Å². The summed E-state index contributed by atoms with van der Waals surface area (Å²) in [6.45, 7) is 3.23. The number of fused-ring (bicyclic) bond motifs is 1. The fourth-order valence-corrected chi connectivity index (χ4v) is 2.98. The number of amides is 2. The zero-order chi connectivity index (χ0) is 22.2. The summed E-state index contributed by atoms with van der Waals surface area (Å²) >= 11 is 6.36. The molecule has 0 aliphatic heterocycles. The highest BCUT2D eigenvalue weighted by molar-refractivity contribution is 6.33. The predicted octanol–water partition coefficient (Wildman–Crippen LogP) is 3.80. The first-order chi connectivity index (χ1) is 14.7. The van der Waals surface area contributed by atoms with Crippen LogP contribution in [0.25, 0.3) is 22.6 Å². The predicted molar refractivity (Wildman–Crippen MR) is 118 cm³/mol. The summed E-state index contributed by atoms with van der Waals surface area (Å²) in [7, 11) is 0. The molecule has 0 saturated carbocycles. The minimum atomic E-state index is -1.03. The van der Waals surface area contributed by atoms with Crippen LogP contribution < -0.4 is 16.4 Å². The number of aromatic nitrogens is 3. The van der Waals surface area contributed by atoms with E-state index in [0.29, 0.717) is 38.9 Å². The number of nitrogens with zero attached hydrogens (tertiary/aromatic N) is 2. The summed E-state index contributed by atoms with van der Waals surface area (Å²) in [5.41, 5.74) is 7.41. The van der Waals surface area contributed by atoms with E-state index in [-0.39, 0.29) is 17.6 Å². The van der Waals surface area contributed by atoms with E-state index in [2.05, 4.69) is 25.6 Å². The zero-order valence-corrected chi connectivity index (χ0v) is 17.4. The van der Waals surface area contributed by atoms with Crippen LogP contribution in [0.4, 0.5) is 11.4 Å². The van der Waals surface area contributed by atoms with E-state index in [1.165, 1.54) is 12.5 Å². The fourth-order valence-electron chi connectivity index (χ4n) is 2.77. The van der Waals surface area contributed by atoms with Crippen molar-refractivity contribution in [2.45, 2.75) is 19.4 Å². The number of rotatable bonds is 5. The topological polar surface area (TPSA) is 139 Å². The molecule has 10 heteroatoms. The number of hydrogen-bond donors (Lipinski definition) is 4. The van der Waals surface area contributed by atoms with Crippen molar-refractivity contribution in [3.8, 4) is 11.4 Å². The van der Waals surface area contributed by atoms with E-state index in [0.717, 1.165) is 0 Å². The lowest BCUT2D eigenvalue weighted by Crippen LogP contribution is -2.45. The Morgan fingerprint density at radius 3 is 2.68 bits per heavy atom. The summed E-state index contributed by atoms with van der Waals surface area (Å²) in [6, 6.07) is 9.94. The highest BCUT2D eigenvalue weighted by Crippen LogP contribution is 2.30. The van der Waals surface area contributed by atoms with Crippen LogP contribution in [0.15, 0.2) is 53.3 Å². The molecule has 9 nitrogen and oxygen atoms in total. The lowest BCUT2D eigenvalue weighted by molar-refractivity contribution is -0.120. The van der Waals surface area contributed by atoms with Crippen molar-refractivity contribution in [2.75, 3.05) is 10.6 Å². The van der Waals surface area contributed by atoms with Crippen LogP contribution in [0, 0.1) is 0 Å². The average Bonchev–Trinajstić information content (AvgIpc) is 3.38. The van der Waals surface area contributed by atoms with Crippen molar-refractivity contribution >= 4 is 46.0 Å². The van der Waals surface area contributed by atoms with E-state index in [1.54, 1.807) is 50.2 Å². The molecule has 1 aromatic carbocycles. The molecule has 0 spiro atoms. The van der Waals surface area contributed by atoms with Gasteiger partial charge in [-0.05, 0) is 50.2 Å². The molecule has 3 aromatic heterocycles. The third-order valence-electron chi connectivity index (χ3n) is 4.40. The van der Waals surface area contributed by atoms with E-state index >= 15 is 0 Å². The SMILES string of the molecule is CC(C)(N)C(=O)Nc1cnc2nc(-c3cc(NC(=O)c4ccco4)ccc3Cl)[nH]c2c1. The highest BCUT2D eigenvalue weighted by Gasteiger charge is 2.22. The van der Waals surface area contributed by atoms with Gasteiger partial charge in [0.1, 0.15) is 5.82 Å². The Morgan fingerprint density at radius 2 is 1.97 bits per heavy atom. The summed E-state index contributed by atoms with van der Waals surface area (Å²) in [4.78, 5) is 36.2. The second-order valence-corrected chi connectivity index (χ2v) is 7.89. The Hall–Kier alpha value is -3.69. The van der Waals surface area contributed by atoms with Crippen LogP contribution >= 0.6 is 11.6 Å². The smallest absolute Gasteiger partial charge is 0.291 e. The van der Waals surface area contributed by atoms with Gasteiger partial charge in [-0.25, -0.2) is 9.97 Å². The maximum absolute atomic E-state index is 12.2. The first kappa shape index (κ1) is 20.6. The van der Waals surface area contributed by atoms with Crippen molar-refractivity contribution in [1.82, 2.24) is 15.0 Å². The molecule has 158 valence electrons. The molecule has 0 atom stereocenters. The van der Waals surface area contributed by atoms with Crippen LogP contribution in [0.2, 0.25) is 5.02 Å². The van der Waals surface area contributed by atoms with E-state index in [4.69, 9.17) is 21.8 Å². The van der Waals surface area contributed by atoms with Gasteiger partial charge in [-0.3, -0.25) is 9.59 Å². The number of benzene rings is 1. The molecule has 0 aliphatic rings. The highest BCUT2D eigenvalue weighted by atomic mass is 35.5. The van der Waals surface area contributed by atoms with Gasteiger partial charge >= 0.3 is 0 Å². The number of imidazole rings is 1. The van der Waals surface area contributed by atoms with E-state index in [9.17, 15) is 9.59 Å². The van der Waals surface area contributed by atoms with Crippen LogP contribution in [0.5, 0.6) is 0 Å². The third kappa shape index (κ3) is 4.42. The lowest BCUT2D eigenvalue weighted by atomic mass is 10.1. The van der Waals surface area contributed by atoms with Gasteiger partial charge in [0.15, 0.2) is 11.4 Å². The first-order valence-corrected chi connectivity index (χ1v) is 9.69. The van der Waals surface area contributed by atoms with Gasteiger partial charge in [-0.1, -0.05) is 11.6 Å². The summed E-state index contributed by atoms with van der Waals surface area (Å²) in [6.07, 6.45) is 2.92. The maximum atomic E-state index is 12.2. The zero-order valence-electron chi connectivity index (χ0n) is 16.7. The number of nitrogens with two attached hydrogens (primary N) is 1. The molecule has 0 saturated heterocycles. The molecule has 4 aromatic rings. The fraction of sp³-hybridized carbons (Fsp3) is 0.143. The molecule has 5 N–H and O–H groups in total. The van der Waals surface area contributed by atoms with Gasteiger partial charge in [-0.2, -0.15) is 0 Å². The second-order valence-electron chi connectivity index (χ2n) is 7.48. The summed E-state index contributed by atoms with van der Waals surface area (Å²) < 4.78 is 5.10. The van der Waals surface area contributed by atoms with Crippen molar-refractivity contribution in [3.05, 3.63) is 59.6 Å². The van der Waals surface area contributed by atoms with Gasteiger partial charge in [0.05, 0.1) is 34.2 Å². The standard InChI is InChI=1S/C21H19ClN6O3/c1-21(2,23)20(30)26-12-9-15-18(24-10-12)28-17(27-15)13-8-11(5-6-14(13)22)25-19(29)16-4-3-7-31-16/h3-10H,23H2,1-2H3,(H,25,29)(H,26,30)(H,24,27,28). The maximum Gasteiger partial charge on any atom is 0.291 e. The molecule has 0 aliphatic carbocycles. The molecule has 4 rings (SSSR count). The number of hydrogen-bond acceptors (Lipinski definition) is 6. The third-order valence-corrected chi connectivity index (χ3v) is 4.73. The van der Waals surface area contributed by atoms with Crippen molar-refractivity contribution in [3.63, 3.8) is 0 Å². The van der Waals surface area contributed by atoms with Crippen molar-refractivity contribution in [1.29, 1.82) is 0 Å². The number of H-pyrrole nitrogens is 1. The molecule has 31 heavy (non-hydrogen) atoms. The van der Waals surface area contributed by atoms with Gasteiger partial charge in [0.2, 0.25) is 5.91 Å². The van der Waals surface area contributed by atoms with Crippen LogP contribution in [-0.2, 0) is 4.79 Å². The summed E-state index contributed by atoms with van der Waals surface area (Å²) in [5, 5.41) is 5.91. The summed E-state index contributed by atoms with van der Waals surface area (Å²) in [5.74, 6) is -0.0620. The number of carbonyl (C=O) groups excluding carboxylic acids is 2. The number of anilines is 2. The molecular formula is C21H19ClN6O3. The van der Waals surface area contributed by atoms with Crippen molar-refractivity contribution < 1.29 is 14.0 Å². The Bertz CT molecular complexity index is 1270. The minimum Gasteiger partial charge on any atom is -0.459 e. The van der Waals surface area contributed by atoms with E-state index in [1.807, 2.05) is 0 Å². The Labute approximate surface area is 182 Å². The van der Waals surface area contributed by atoms with Crippen LogP contribution in [-0.4, -0.2) is 32.3 Å². The number of aromatic amines is 1. The Balaban J connectivity index is 1.62.